The van der Waals surface area contributed by atoms with Crippen molar-refractivity contribution in [3.63, 3.8) is 0 Å². The fraction of sp³-hybridized carbons (Fsp3) is 0.273. The number of hydrogen-bond donors (Lipinski definition) is 1. The smallest absolute Gasteiger partial charge is 0.178 e. The van der Waals surface area contributed by atoms with Gasteiger partial charge < -0.3 is 10.1 Å². The molecular weight excluding hydrogens is 340 g/mol. The number of nitrogens with one attached hydrogen (secondary N) is 1. The van der Waals surface area contributed by atoms with E-state index >= 15 is 0 Å². The molecule has 1 atom stereocenters. The molecule has 1 aromatic rings. The molecule has 0 aliphatic carbocycles. The first-order chi connectivity index (χ1) is 7.60. The molecular formula is C11H11ClINO2. The maximum atomic E-state index is 11.5. The maximum absolute atomic E-state index is 11.5. The monoisotopic (exact) mass is 351 g/mol. The maximum Gasteiger partial charge on any atom is 0.178 e. The molecule has 0 saturated heterocycles. The Morgan fingerprint density at radius 3 is 2.88 bits per heavy atom. The number of hydrogen-bond acceptors (Lipinski definition) is 3. The Hall–Kier alpha value is -0.620. The highest BCUT2D eigenvalue weighted by Gasteiger charge is 2.12. The van der Waals surface area contributed by atoms with Crippen LogP contribution in [0.25, 0.3) is 0 Å². The Morgan fingerprint density at radius 2 is 2.31 bits per heavy atom. The van der Waals surface area contributed by atoms with Crippen LogP contribution in [0.2, 0.25) is 0 Å². The molecule has 86 valence electrons. The summed E-state index contributed by atoms with van der Waals surface area (Å²) < 4.78 is 0.791. The van der Waals surface area contributed by atoms with Crippen LogP contribution in [0, 0.1) is 3.57 Å². The van der Waals surface area contributed by atoms with Gasteiger partial charge in [-0.2, -0.15) is 0 Å². The summed E-state index contributed by atoms with van der Waals surface area (Å²) in [5.74, 6) is -0.156. The molecule has 0 bridgehead atoms. The zero-order chi connectivity index (χ0) is 12.1. The fourth-order valence-corrected chi connectivity index (χ4v) is 2.17. The highest BCUT2D eigenvalue weighted by Crippen LogP contribution is 2.23. The van der Waals surface area contributed by atoms with Crippen molar-refractivity contribution in [2.75, 3.05) is 11.2 Å². The Kier molecular flexibility index (Phi) is 5.21. The van der Waals surface area contributed by atoms with Crippen molar-refractivity contribution in [1.82, 2.24) is 0 Å². The highest BCUT2D eigenvalue weighted by atomic mass is 127. The van der Waals surface area contributed by atoms with Gasteiger partial charge in [0.25, 0.3) is 0 Å². The van der Waals surface area contributed by atoms with Crippen LogP contribution in [-0.2, 0) is 4.79 Å². The zero-order valence-corrected chi connectivity index (χ0v) is 11.6. The molecule has 0 heterocycles. The quantitative estimate of drug-likeness (QED) is 0.384. The van der Waals surface area contributed by atoms with Crippen molar-refractivity contribution in [3.05, 3.63) is 27.3 Å². The number of rotatable bonds is 5. The van der Waals surface area contributed by atoms with E-state index in [1.165, 1.54) is 0 Å². The molecule has 1 unspecified atom stereocenters. The van der Waals surface area contributed by atoms with Crippen LogP contribution in [-0.4, -0.2) is 24.0 Å². The van der Waals surface area contributed by atoms with E-state index in [1.807, 2.05) is 6.07 Å². The molecule has 16 heavy (non-hydrogen) atoms. The van der Waals surface area contributed by atoms with E-state index in [0.717, 1.165) is 15.5 Å². The summed E-state index contributed by atoms with van der Waals surface area (Å²) in [4.78, 5) is 22.1. The first-order valence-electron chi connectivity index (χ1n) is 4.69. The minimum absolute atomic E-state index is 0.0390. The van der Waals surface area contributed by atoms with Gasteiger partial charge in [0, 0.05) is 14.8 Å². The second-order valence-corrected chi connectivity index (χ2v) is 4.64. The second kappa shape index (κ2) is 6.20. The lowest BCUT2D eigenvalue weighted by atomic mass is 10.1. The molecule has 0 aromatic heterocycles. The lowest BCUT2D eigenvalue weighted by molar-refractivity contribution is -0.108. The summed E-state index contributed by atoms with van der Waals surface area (Å²) in [6.45, 7) is 1.75. The minimum atomic E-state index is -0.283. The number of Topliss-reactive ketones (excluding diaryl/α,β-unsaturated/α-hetero) is 1. The van der Waals surface area contributed by atoms with Crippen LogP contribution in [0.15, 0.2) is 18.2 Å². The second-order valence-electron chi connectivity index (χ2n) is 3.29. The molecule has 0 saturated carbocycles. The standard InChI is InChI=1S/C11H11ClINO2/c1-7(6-15)14-9-4-2-3-8(11(9)13)10(16)5-12/h2-4,6-7,14H,5H2,1H3. The highest BCUT2D eigenvalue weighted by molar-refractivity contribution is 14.1. The lowest BCUT2D eigenvalue weighted by Crippen LogP contribution is -2.18. The number of aldehydes is 1. The van der Waals surface area contributed by atoms with Gasteiger partial charge in [-0.25, -0.2) is 0 Å². The van der Waals surface area contributed by atoms with Crippen molar-refractivity contribution in [2.24, 2.45) is 0 Å². The molecule has 0 aliphatic rings. The summed E-state index contributed by atoms with van der Waals surface area (Å²) in [6.07, 6.45) is 0.812. The third kappa shape index (κ3) is 3.18. The van der Waals surface area contributed by atoms with E-state index < -0.39 is 0 Å². The van der Waals surface area contributed by atoms with Gasteiger partial charge in [-0.1, -0.05) is 12.1 Å². The molecule has 1 aromatic carbocycles. The van der Waals surface area contributed by atoms with E-state index in [1.54, 1.807) is 19.1 Å². The van der Waals surface area contributed by atoms with E-state index in [4.69, 9.17) is 11.6 Å². The van der Waals surface area contributed by atoms with Crippen LogP contribution in [0.1, 0.15) is 17.3 Å². The zero-order valence-electron chi connectivity index (χ0n) is 8.67. The van der Waals surface area contributed by atoms with Gasteiger partial charge in [0.2, 0.25) is 0 Å². The predicted octanol–water partition coefficient (Wildman–Crippen LogP) is 2.71. The van der Waals surface area contributed by atoms with Crippen LogP contribution in [0.5, 0.6) is 0 Å². The Labute approximate surface area is 113 Å². The number of carbonyl (C=O) groups excluding carboxylic acids is 2. The Bertz CT molecular complexity index is 409. The van der Waals surface area contributed by atoms with Gasteiger partial charge in [-0.3, -0.25) is 4.79 Å². The predicted molar refractivity (Wildman–Crippen MR) is 73.4 cm³/mol. The first kappa shape index (κ1) is 13.4. The number of alkyl halides is 1. The number of carbonyl (C=O) groups is 2. The summed E-state index contributed by atoms with van der Waals surface area (Å²) in [5, 5.41) is 3.01. The summed E-state index contributed by atoms with van der Waals surface area (Å²) in [7, 11) is 0. The fourth-order valence-electron chi connectivity index (χ4n) is 1.21. The molecule has 1 rings (SSSR count). The molecule has 0 amide bonds. The molecule has 0 radical (unpaired) electrons. The number of halogens is 2. The van der Waals surface area contributed by atoms with Crippen molar-refractivity contribution >= 4 is 51.9 Å². The summed E-state index contributed by atoms with van der Waals surface area (Å²) in [5.41, 5.74) is 1.36. The number of ketones is 1. The first-order valence-corrected chi connectivity index (χ1v) is 6.31. The van der Waals surface area contributed by atoms with Gasteiger partial charge >= 0.3 is 0 Å². The third-order valence-corrected chi connectivity index (χ3v) is 3.41. The largest absolute Gasteiger partial charge is 0.375 e. The van der Waals surface area contributed by atoms with Crippen molar-refractivity contribution in [1.29, 1.82) is 0 Å². The molecule has 1 N–H and O–H groups in total. The lowest BCUT2D eigenvalue weighted by Gasteiger charge is -2.12. The van der Waals surface area contributed by atoms with E-state index in [0.29, 0.717) is 5.56 Å². The normalized spacial score (nSPS) is 11.9. The minimum Gasteiger partial charge on any atom is -0.375 e. The van der Waals surface area contributed by atoms with Crippen molar-refractivity contribution in [3.8, 4) is 0 Å². The van der Waals surface area contributed by atoms with Crippen LogP contribution in [0.3, 0.4) is 0 Å². The Balaban J connectivity index is 3.03. The van der Waals surface area contributed by atoms with Crippen LogP contribution in [0.4, 0.5) is 5.69 Å². The average molecular weight is 352 g/mol. The summed E-state index contributed by atoms with van der Waals surface area (Å²) in [6, 6.07) is 5.03. The van der Waals surface area contributed by atoms with Crippen molar-refractivity contribution < 1.29 is 9.59 Å². The average Bonchev–Trinajstić information content (AvgIpc) is 2.30. The van der Waals surface area contributed by atoms with Gasteiger partial charge in [0.15, 0.2) is 5.78 Å². The van der Waals surface area contributed by atoms with Gasteiger partial charge in [-0.15, -0.1) is 11.6 Å². The van der Waals surface area contributed by atoms with Crippen LogP contribution >= 0.6 is 34.2 Å². The Morgan fingerprint density at radius 1 is 1.62 bits per heavy atom. The van der Waals surface area contributed by atoms with Gasteiger partial charge in [0.05, 0.1) is 11.9 Å². The van der Waals surface area contributed by atoms with Gasteiger partial charge in [-0.05, 0) is 35.6 Å². The number of anilines is 1. The molecule has 0 spiro atoms. The van der Waals surface area contributed by atoms with Crippen LogP contribution < -0.4 is 5.32 Å². The summed E-state index contributed by atoms with van der Waals surface area (Å²) >= 11 is 7.59. The third-order valence-electron chi connectivity index (χ3n) is 2.01. The number of benzene rings is 1. The molecule has 0 aliphatic heterocycles. The van der Waals surface area contributed by atoms with Gasteiger partial charge in [0.1, 0.15) is 6.29 Å². The SMILES string of the molecule is CC(C=O)Nc1cccc(C(=O)CCl)c1I. The van der Waals surface area contributed by atoms with E-state index in [9.17, 15) is 9.59 Å². The van der Waals surface area contributed by atoms with E-state index in [-0.39, 0.29) is 17.7 Å². The molecule has 0 fully saturated rings. The van der Waals surface area contributed by atoms with Crippen molar-refractivity contribution in [2.45, 2.75) is 13.0 Å². The molecule has 5 heteroatoms. The van der Waals surface area contributed by atoms with E-state index in [2.05, 4.69) is 27.9 Å². The topological polar surface area (TPSA) is 46.2 Å². The molecule has 3 nitrogen and oxygen atoms in total.